The number of benzene rings is 1. The third kappa shape index (κ3) is 4.00. The summed E-state index contributed by atoms with van der Waals surface area (Å²) in [5.74, 6) is -2.17. The number of aromatic nitrogens is 1. The highest BCUT2D eigenvalue weighted by atomic mass is 32.1. The van der Waals surface area contributed by atoms with Crippen LogP contribution in [0, 0.1) is 0 Å². The molecule has 3 rings (SSSR count). The van der Waals surface area contributed by atoms with Crippen molar-refractivity contribution in [3.05, 3.63) is 40.4 Å². The maximum absolute atomic E-state index is 12.6. The summed E-state index contributed by atoms with van der Waals surface area (Å²) in [7, 11) is -1.36. The lowest BCUT2D eigenvalue weighted by Crippen LogP contribution is -2.36. The van der Waals surface area contributed by atoms with Gasteiger partial charge in [-0.3, -0.25) is 4.79 Å². The molecule has 1 aromatic heterocycles. The van der Waals surface area contributed by atoms with E-state index in [-0.39, 0.29) is 35.6 Å². The normalized spacial score (nSPS) is 16.3. The number of nitrogens with zero attached hydrogens (tertiary/aromatic N) is 2. The fraction of sp³-hybridized carbons (Fsp3) is 0.294. The lowest BCUT2D eigenvalue weighted by Gasteiger charge is -2.27. The Morgan fingerprint density at radius 2 is 2.25 bits per heavy atom. The van der Waals surface area contributed by atoms with Gasteiger partial charge in [0.1, 0.15) is 11.4 Å². The van der Waals surface area contributed by atoms with Gasteiger partial charge in [-0.1, -0.05) is 17.3 Å². The molecule has 0 bridgehead atoms. The maximum atomic E-state index is 12.6. The first-order valence-corrected chi connectivity index (χ1v) is 9.47. The average Bonchev–Trinajstić information content (AvgIpc) is 3.11. The largest absolute Gasteiger partial charge is 0.535 e. The van der Waals surface area contributed by atoms with Crippen molar-refractivity contribution in [3.63, 3.8) is 0 Å². The third-order valence-electron chi connectivity index (χ3n) is 4.34. The molecule has 28 heavy (non-hydrogen) atoms. The second-order valence-corrected chi connectivity index (χ2v) is 7.07. The maximum Gasteiger partial charge on any atom is 0.526 e. The van der Waals surface area contributed by atoms with Crippen LogP contribution in [0.1, 0.15) is 35.0 Å². The molecular weight excluding hydrogens is 385 g/mol. The average molecular weight is 403 g/mol. The number of hydrogen-bond acceptors (Lipinski definition) is 9. The molecule has 0 fully saturated rings. The zero-order valence-electron chi connectivity index (χ0n) is 15.0. The minimum absolute atomic E-state index is 0.0441. The van der Waals surface area contributed by atoms with Crippen molar-refractivity contribution in [3.8, 4) is 5.75 Å². The number of hydrogen-bond donors (Lipinski definition) is 4. The van der Waals surface area contributed by atoms with Crippen molar-refractivity contribution in [2.24, 2.45) is 5.16 Å². The summed E-state index contributed by atoms with van der Waals surface area (Å²) in [4.78, 5) is 28.1. The van der Waals surface area contributed by atoms with Gasteiger partial charge < -0.3 is 25.3 Å². The number of carboxylic acids is 1. The minimum Gasteiger partial charge on any atom is -0.535 e. The van der Waals surface area contributed by atoms with Crippen LogP contribution in [0.4, 0.5) is 5.13 Å². The summed E-state index contributed by atoms with van der Waals surface area (Å²) >= 11 is 1.28. The molecular formula is C17H18BN3O6S. The summed E-state index contributed by atoms with van der Waals surface area (Å²) in [6, 6.07) is 4.66. The standard InChI is InChI=1S/C17H18BN3O6S/c1-2-19-17-20-12(8-28-17)14(21-26)13(22)7-10-6-9-4-3-5-11(16(23)24)15(9)27-18(10)25/h3-5,8,10,25-26H,2,6-7H2,1H3,(H,19,20)(H,23,24)/b21-14-/t10-/m1/s1. The lowest BCUT2D eigenvalue weighted by molar-refractivity contribution is -0.113. The van der Waals surface area contributed by atoms with E-state index in [1.165, 1.54) is 17.4 Å². The topological polar surface area (TPSA) is 141 Å². The number of anilines is 1. The van der Waals surface area contributed by atoms with Crippen LogP contribution < -0.4 is 9.97 Å². The van der Waals surface area contributed by atoms with Crippen LogP contribution >= 0.6 is 11.3 Å². The summed E-state index contributed by atoms with van der Waals surface area (Å²) < 4.78 is 5.39. The van der Waals surface area contributed by atoms with Gasteiger partial charge in [0, 0.05) is 24.2 Å². The molecule has 1 atom stereocenters. The van der Waals surface area contributed by atoms with Crippen molar-refractivity contribution in [1.82, 2.24) is 4.98 Å². The fourth-order valence-electron chi connectivity index (χ4n) is 3.03. The summed E-state index contributed by atoms with van der Waals surface area (Å²) in [6.07, 6.45) is 0.104. The number of carbonyl (C=O) groups is 2. The molecule has 2 aromatic rings. The summed E-state index contributed by atoms with van der Waals surface area (Å²) in [6.45, 7) is 2.57. The van der Waals surface area contributed by atoms with Crippen LogP contribution in [0.3, 0.4) is 0 Å². The molecule has 0 amide bonds. The van der Waals surface area contributed by atoms with Gasteiger partial charge in [0.2, 0.25) is 0 Å². The van der Waals surface area contributed by atoms with E-state index in [2.05, 4.69) is 15.5 Å². The second kappa shape index (κ2) is 8.40. The zero-order chi connectivity index (χ0) is 20.3. The molecule has 11 heteroatoms. The van der Waals surface area contributed by atoms with E-state index in [4.69, 9.17) is 4.65 Å². The van der Waals surface area contributed by atoms with E-state index < -0.39 is 24.7 Å². The quantitative estimate of drug-likeness (QED) is 0.238. The molecule has 0 spiro atoms. The smallest absolute Gasteiger partial charge is 0.526 e. The van der Waals surface area contributed by atoms with Gasteiger partial charge in [-0.15, -0.1) is 11.3 Å². The number of nitrogens with one attached hydrogen (secondary N) is 1. The monoisotopic (exact) mass is 403 g/mol. The van der Waals surface area contributed by atoms with E-state index in [1.54, 1.807) is 17.5 Å². The Morgan fingerprint density at radius 1 is 1.46 bits per heavy atom. The predicted molar refractivity (Wildman–Crippen MR) is 104 cm³/mol. The van der Waals surface area contributed by atoms with Crippen molar-refractivity contribution >= 4 is 41.1 Å². The highest BCUT2D eigenvalue weighted by molar-refractivity contribution is 7.14. The van der Waals surface area contributed by atoms with Crippen LogP contribution in [-0.4, -0.2) is 51.4 Å². The number of thiazole rings is 1. The van der Waals surface area contributed by atoms with Crippen molar-refractivity contribution in [1.29, 1.82) is 0 Å². The number of carboxylic acid groups (broad SMARTS) is 1. The van der Waals surface area contributed by atoms with E-state index in [0.29, 0.717) is 17.2 Å². The molecule has 2 heterocycles. The predicted octanol–water partition coefficient (Wildman–Crippen LogP) is 1.90. The van der Waals surface area contributed by atoms with Crippen molar-refractivity contribution < 1.29 is 29.6 Å². The summed E-state index contributed by atoms with van der Waals surface area (Å²) in [5, 5.41) is 37.1. The van der Waals surface area contributed by atoms with Gasteiger partial charge in [-0.25, -0.2) is 9.78 Å². The third-order valence-corrected chi connectivity index (χ3v) is 5.14. The Kier molecular flexibility index (Phi) is 5.95. The molecule has 0 saturated heterocycles. The highest BCUT2D eigenvalue weighted by Crippen LogP contribution is 2.36. The van der Waals surface area contributed by atoms with E-state index in [1.807, 2.05) is 6.92 Å². The van der Waals surface area contributed by atoms with Gasteiger partial charge in [0.25, 0.3) is 0 Å². The molecule has 0 unspecified atom stereocenters. The zero-order valence-corrected chi connectivity index (χ0v) is 15.8. The Labute approximate surface area is 164 Å². The number of fused-ring (bicyclic) bond motifs is 1. The molecule has 4 N–H and O–H groups in total. The number of rotatable bonds is 7. The molecule has 0 aliphatic carbocycles. The first-order chi connectivity index (χ1) is 13.4. The molecule has 1 aliphatic rings. The van der Waals surface area contributed by atoms with Crippen LogP contribution in [-0.2, 0) is 11.2 Å². The molecule has 146 valence electrons. The number of aromatic carboxylic acids is 1. The van der Waals surface area contributed by atoms with Crippen LogP contribution in [0.25, 0.3) is 0 Å². The van der Waals surface area contributed by atoms with Crippen LogP contribution in [0.2, 0.25) is 5.82 Å². The minimum atomic E-state index is -1.36. The SMILES string of the molecule is CCNc1nc(/C(=N/O)C(=O)C[C@H]2Cc3cccc(C(=O)O)c3OB2O)cs1. The highest BCUT2D eigenvalue weighted by Gasteiger charge is 2.38. The van der Waals surface area contributed by atoms with Gasteiger partial charge in [0.05, 0.1) is 5.56 Å². The molecule has 0 saturated carbocycles. The van der Waals surface area contributed by atoms with Gasteiger partial charge >= 0.3 is 13.1 Å². The lowest BCUT2D eigenvalue weighted by atomic mass is 9.64. The van der Waals surface area contributed by atoms with Gasteiger partial charge in [-0.2, -0.15) is 0 Å². The summed E-state index contributed by atoms with van der Waals surface area (Å²) in [5.41, 5.74) is 0.594. The number of ketones is 1. The molecule has 9 nitrogen and oxygen atoms in total. The number of carbonyl (C=O) groups excluding carboxylic acids is 1. The first-order valence-electron chi connectivity index (χ1n) is 8.59. The Morgan fingerprint density at radius 3 is 2.93 bits per heavy atom. The molecule has 1 aliphatic heterocycles. The first kappa shape index (κ1) is 19.8. The second-order valence-electron chi connectivity index (χ2n) is 6.22. The van der Waals surface area contributed by atoms with E-state index in [0.717, 1.165) is 0 Å². The van der Waals surface area contributed by atoms with Crippen molar-refractivity contribution in [2.75, 3.05) is 11.9 Å². The Hall–Kier alpha value is -2.92. The molecule has 1 aromatic carbocycles. The van der Waals surface area contributed by atoms with Gasteiger partial charge in [-0.05, 0) is 25.0 Å². The van der Waals surface area contributed by atoms with E-state index in [9.17, 15) is 24.9 Å². The molecule has 0 radical (unpaired) electrons. The van der Waals surface area contributed by atoms with E-state index >= 15 is 0 Å². The van der Waals surface area contributed by atoms with Crippen molar-refractivity contribution in [2.45, 2.75) is 25.6 Å². The fourth-order valence-corrected chi connectivity index (χ4v) is 3.79. The number of Topliss-reactive ketones (excluding diaryl/α,β-unsaturated/α-hetero) is 1. The Balaban J connectivity index is 1.76. The van der Waals surface area contributed by atoms with Crippen LogP contribution in [0.15, 0.2) is 28.7 Å². The van der Waals surface area contributed by atoms with Crippen LogP contribution in [0.5, 0.6) is 5.75 Å². The number of para-hydroxylation sites is 1. The van der Waals surface area contributed by atoms with Gasteiger partial charge in [0.15, 0.2) is 16.6 Å². The number of oxime groups is 1. The Bertz CT molecular complexity index is 931.